The van der Waals surface area contributed by atoms with Crippen LogP contribution in [0, 0.1) is 5.92 Å². The molecule has 25 heavy (non-hydrogen) atoms. The minimum atomic E-state index is -0.0529. The minimum absolute atomic E-state index is 0.0528. The van der Waals surface area contributed by atoms with Gasteiger partial charge in [-0.25, -0.2) is 4.79 Å². The van der Waals surface area contributed by atoms with Crippen molar-refractivity contribution in [2.45, 2.75) is 63.3 Å². The molecule has 1 aromatic rings. The summed E-state index contributed by atoms with van der Waals surface area (Å²) < 4.78 is 0. The SMILES string of the molecule is CC(C)Cc1nc(NC(=O)CCCC[C@@H]2SC[C@H]3NC(=O)N[C@H]23)n[nH]1. The summed E-state index contributed by atoms with van der Waals surface area (Å²) in [5.74, 6) is 2.56. The second-order valence-corrected chi connectivity index (χ2v) is 8.39. The number of aromatic nitrogens is 3. The third-order valence-corrected chi connectivity index (χ3v) is 5.97. The van der Waals surface area contributed by atoms with Gasteiger partial charge < -0.3 is 10.6 Å². The molecule has 2 aliphatic rings. The Bertz CT molecular complexity index is 620. The number of carbonyl (C=O) groups is 2. The summed E-state index contributed by atoms with van der Waals surface area (Å²) in [4.78, 5) is 27.6. The van der Waals surface area contributed by atoms with Crippen molar-refractivity contribution in [2.75, 3.05) is 11.1 Å². The summed E-state index contributed by atoms with van der Waals surface area (Å²) in [6.45, 7) is 4.22. The average molecular weight is 366 g/mol. The van der Waals surface area contributed by atoms with E-state index in [4.69, 9.17) is 0 Å². The van der Waals surface area contributed by atoms with Gasteiger partial charge in [0.05, 0.1) is 12.1 Å². The lowest BCUT2D eigenvalue weighted by Gasteiger charge is -2.16. The minimum Gasteiger partial charge on any atom is -0.332 e. The fourth-order valence-electron chi connectivity index (χ4n) is 3.29. The van der Waals surface area contributed by atoms with Crippen molar-refractivity contribution in [2.24, 2.45) is 5.92 Å². The van der Waals surface area contributed by atoms with Crippen molar-refractivity contribution in [3.8, 4) is 0 Å². The highest BCUT2D eigenvalue weighted by Gasteiger charge is 2.42. The highest BCUT2D eigenvalue weighted by atomic mass is 32.2. The molecule has 2 aliphatic heterocycles. The molecule has 9 heteroatoms. The van der Waals surface area contributed by atoms with Gasteiger partial charge in [0, 0.05) is 23.8 Å². The van der Waals surface area contributed by atoms with Gasteiger partial charge in [0.25, 0.3) is 0 Å². The molecule has 0 spiro atoms. The maximum absolute atomic E-state index is 12.0. The Morgan fingerprint density at radius 3 is 3.00 bits per heavy atom. The Balaban J connectivity index is 1.33. The van der Waals surface area contributed by atoms with E-state index in [9.17, 15) is 9.59 Å². The van der Waals surface area contributed by atoms with E-state index in [-0.39, 0.29) is 24.0 Å². The van der Waals surface area contributed by atoms with Crippen LogP contribution in [-0.2, 0) is 11.2 Å². The van der Waals surface area contributed by atoms with Crippen molar-refractivity contribution >= 4 is 29.6 Å². The number of hydrogen-bond donors (Lipinski definition) is 4. The number of H-pyrrole nitrogens is 1. The molecule has 0 radical (unpaired) electrons. The molecule has 0 aliphatic carbocycles. The van der Waals surface area contributed by atoms with E-state index in [1.165, 1.54) is 0 Å². The van der Waals surface area contributed by atoms with Gasteiger partial charge in [0.2, 0.25) is 11.9 Å². The number of nitrogens with zero attached hydrogens (tertiary/aromatic N) is 2. The quantitative estimate of drug-likeness (QED) is 0.413. The van der Waals surface area contributed by atoms with E-state index in [1.807, 2.05) is 11.8 Å². The van der Waals surface area contributed by atoms with Crippen LogP contribution in [0.15, 0.2) is 0 Å². The number of unbranched alkanes of at least 4 members (excludes halogenated alkanes) is 1. The number of thioether (sulfide) groups is 1. The zero-order chi connectivity index (χ0) is 17.8. The molecule has 3 heterocycles. The van der Waals surface area contributed by atoms with Crippen molar-refractivity contribution in [1.82, 2.24) is 25.8 Å². The zero-order valence-corrected chi connectivity index (χ0v) is 15.5. The van der Waals surface area contributed by atoms with E-state index in [2.05, 4.69) is 45.0 Å². The van der Waals surface area contributed by atoms with Crippen LogP contribution in [-0.4, -0.2) is 50.2 Å². The first kappa shape index (κ1) is 18.0. The van der Waals surface area contributed by atoms with E-state index in [1.54, 1.807) is 0 Å². The van der Waals surface area contributed by atoms with Crippen LogP contribution in [0.1, 0.15) is 45.4 Å². The van der Waals surface area contributed by atoms with Crippen molar-refractivity contribution in [1.29, 1.82) is 0 Å². The highest BCUT2D eigenvalue weighted by molar-refractivity contribution is 8.00. The van der Waals surface area contributed by atoms with E-state index in [0.29, 0.717) is 23.5 Å². The van der Waals surface area contributed by atoms with Gasteiger partial charge in [-0.05, 0) is 18.8 Å². The monoisotopic (exact) mass is 366 g/mol. The van der Waals surface area contributed by atoms with Crippen molar-refractivity contribution < 1.29 is 9.59 Å². The number of carbonyl (C=O) groups excluding carboxylic acids is 2. The molecule has 8 nitrogen and oxygen atoms in total. The van der Waals surface area contributed by atoms with Crippen LogP contribution in [0.25, 0.3) is 0 Å². The van der Waals surface area contributed by atoms with Crippen LogP contribution in [0.3, 0.4) is 0 Å². The fraction of sp³-hybridized carbons (Fsp3) is 0.750. The van der Waals surface area contributed by atoms with Gasteiger partial charge in [0.15, 0.2) is 0 Å². The number of hydrogen-bond acceptors (Lipinski definition) is 5. The second-order valence-electron chi connectivity index (χ2n) is 7.12. The molecule has 3 rings (SSSR count). The maximum Gasteiger partial charge on any atom is 0.315 e. The van der Waals surface area contributed by atoms with Crippen LogP contribution in [0.2, 0.25) is 0 Å². The first-order valence-electron chi connectivity index (χ1n) is 8.91. The van der Waals surface area contributed by atoms with Crippen LogP contribution in [0.4, 0.5) is 10.7 Å². The first-order valence-corrected chi connectivity index (χ1v) is 9.96. The third-order valence-electron chi connectivity index (χ3n) is 4.47. The van der Waals surface area contributed by atoms with Gasteiger partial charge in [-0.15, -0.1) is 5.10 Å². The number of aromatic amines is 1. The van der Waals surface area contributed by atoms with Crippen molar-refractivity contribution in [3.63, 3.8) is 0 Å². The average Bonchev–Trinajstić information content (AvgIpc) is 3.20. The standard InChI is InChI=1S/C16H26N6O2S/c1-9(2)7-12-18-15(22-21-12)19-13(23)6-4-3-5-11-14-10(8-25-11)17-16(24)20-14/h9-11,14H,3-8H2,1-2H3,(H2,17,20,24)(H2,18,19,21,22,23)/t10-,11+,14+/m1/s1. The molecule has 0 bridgehead atoms. The predicted octanol–water partition coefficient (Wildman–Crippen LogP) is 1.67. The number of amides is 3. The molecule has 138 valence electrons. The normalized spacial score (nSPS) is 24.9. The second kappa shape index (κ2) is 8.07. The predicted molar refractivity (Wildman–Crippen MR) is 97.5 cm³/mol. The molecule has 2 fully saturated rings. The largest absolute Gasteiger partial charge is 0.332 e. The topological polar surface area (TPSA) is 112 Å². The van der Waals surface area contributed by atoms with Crippen LogP contribution >= 0.6 is 11.8 Å². The Labute approximate surface area is 151 Å². The van der Waals surface area contributed by atoms with Gasteiger partial charge in [-0.3, -0.25) is 15.2 Å². The Hall–Kier alpha value is -1.77. The Kier molecular flexibility index (Phi) is 5.82. The summed E-state index contributed by atoms with van der Waals surface area (Å²) in [6.07, 6.45) is 4.08. The molecule has 1 aromatic heterocycles. The van der Waals surface area contributed by atoms with Gasteiger partial charge in [-0.2, -0.15) is 16.7 Å². The maximum atomic E-state index is 12.0. The lowest BCUT2D eigenvalue weighted by atomic mass is 10.0. The lowest BCUT2D eigenvalue weighted by molar-refractivity contribution is -0.116. The molecule has 3 amide bonds. The van der Waals surface area contributed by atoms with Gasteiger partial charge in [0.1, 0.15) is 5.82 Å². The molecule has 2 saturated heterocycles. The zero-order valence-electron chi connectivity index (χ0n) is 14.7. The number of fused-ring (bicyclic) bond motifs is 1. The molecular formula is C16H26N6O2S. The molecular weight excluding hydrogens is 340 g/mol. The number of anilines is 1. The number of rotatable bonds is 8. The summed E-state index contributed by atoms with van der Waals surface area (Å²) in [5.41, 5.74) is 0. The molecule has 0 saturated carbocycles. The summed E-state index contributed by atoms with van der Waals surface area (Å²) >= 11 is 1.90. The van der Waals surface area contributed by atoms with Gasteiger partial charge in [-0.1, -0.05) is 20.3 Å². The Morgan fingerprint density at radius 1 is 1.36 bits per heavy atom. The van der Waals surface area contributed by atoms with Crippen molar-refractivity contribution in [3.05, 3.63) is 5.82 Å². The number of nitrogens with one attached hydrogen (secondary N) is 4. The highest BCUT2D eigenvalue weighted by Crippen LogP contribution is 2.33. The molecule has 0 unspecified atom stereocenters. The summed E-state index contributed by atoms with van der Waals surface area (Å²) in [6, 6.07) is 0.443. The van der Waals surface area contributed by atoms with E-state index < -0.39 is 0 Å². The van der Waals surface area contributed by atoms with E-state index in [0.717, 1.165) is 37.3 Å². The Morgan fingerprint density at radius 2 is 2.20 bits per heavy atom. The smallest absolute Gasteiger partial charge is 0.315 e. The summed E-state index contributed by atoms with van der Waals surface area (Å²) in [7, 11) is 0. The number of urea groups is 1. The fourth-order valence-corrected chi connectivity index (χ4v) is 4.83. The van der Waals surface area contributed by atoms with Crippen LogP contribution in [0.5, 0.6) is 0 Å². The first-order chi connectivity index (χ1) is 12.0. The van der Waals surface area contributed by atoms with E-state index >= 15 is 0 Å². The van der Waals surface area contributed by atoms with Gasteiger partial charge >= 0.3 is 6.03 Å². The lowest BCUT2D eigenvalue weighted by Crippen LogP contribution is -2.36. The third kappa shape index (κ3) is 4.87. The summed E-state index contributed by atoms with van der Waals surface area (Å²) in [5, 5.41) is 16.0. The molecule has 3 atom stereocenters. The van der Waals surface area contributed by atoms with Crippen LogP contribution < -0.4 is 16.0 Å². The molecule has 0 aromatic carbocycles. The molecule has 4 N–H and O–H groups in total.